The number of carbonyl (C=O) groups is 4. The van der Waals surface area contributed by atoms with Gasteiger partial charge in [0.25, 0.3) is 0 Å². The molecule has 0 aromatic carbocycles. The second-order valence-electron chi connectivity index (χ2n) is 16.3. The maximum absolute atomic E-state index is 13.1. The van der Waals surface area contributed by atoms with Crippen molar-refractivity contribution in [1.29, 1.82) is 0 Å². The minimum Gasteiger partial charge on any atom is -0.444 e. The number of rotatable bonds is 15. The van der Waals surface area contributed by atoms with Crippen LogP contribution in [0.25, 0.3) is 0 Å². The Bertz CT molecular complexity index is 1030. The fraction of sp³-hybridized carbons (Fsp3) is 0.833. The molecule has 0 unspecified atom stereocenters. The summed E-state index contributed by atoms with van der Waals surface area (Å²) in [6.45, 7) is 30.3. The van der Waals surface area contributed by atoms with Gasteiger partial charge in [-0.15, -0.1) is 0 Å². The molecule has 0 saturated carbocycles. The Morgan fingerprint density at radius 2 is 0.812 bits per heavy atom. The average molecular weight is 685 g/mol. The van der Waals surface area contributed by atoms with Gasteiger partial charge in [-0.1, -0.05) is 19.1 Å². The summed E-state index contributed by atoms with van der Waals surface area (Å²) in [6, 6.07) is -0.0771. The van der Waals surface area contributed by atoms with Gasteiger partial charge in [0.2, 0.25) is 0 Å². The minimum absolute atomic E-state index is 0.0771. The molecule has 280 valence electrons. The van der Waals surface area contributed by atoms with E-state index >= 15 is 0 Å². The molecule has 0 saturated heterocycles. The summed E-state index contributed by atoms with van der Waals surface area (Å²) >= 11 is 0. The summed E-state index contributed by atoms with van der Waals surface area (Å²) in [7, 11) is 0. The van der Waals surface area contributed by atoms with Crippen LogP contribution in [0.5, 0.6) is 0 Å². The molecule has 0 N–H and O–H groups in total. The smallest absolute Gasteiger partial charge is 0.410 e. The van der Waals surface area contributed by atoms with Gasteiger partial charge in [-0.25, -0.2) is 19.2 Å². The predicted octanol–water partition coefficient (Wildman–Crippen LogP) is 8.09. The Hall–Kier alpha value is -3.18. The first kappa shape index (κ1) is 44.8. The van der Waals surface area contributed by atoms with Crippen LogP contribution >= 0.6 is 0 Å². The van der Waals surface area contributed by atoms with E-state index in [9.17, 15) is 19.2 Å². The molecule has 0 aromatic heterocycles. The van der Waals surface area contributed by atoms with Crippen LogP contribution in [0.3, 0.4) is 0 Å². The van der Waals surface area contributed by atoms with E-state index in [1.807, 2.05) is 116 Å². The molecule has 0 bridgehead atoms. The maximum atomic E-state index is 13.1. The molecule has 12 nitrogen and oxygen atoms in total. The van der Waals surface area contributed by atoms with Crippen LogP contribution in [0.2, 0.25) is 0 Å². The van der Waals surface area contributed by atoms with Gasteiger partial charge in [-0.2, -0.15) is 0 Å². The van der Waals surface area contributed by atoms with Crippen molar-refractivity contribution in [3.05, 3.63) is 12.2 Å². The number of nitrogens with zero attached hydrogens (tertiary/aromatic N) is 4. The summed E-state index contributed by atoms with van der Waals surface area (Å²) in [5.74, 6) is 0. The van der Waals surface area contributed by atoms with Gasteiger partial charge in [0.15, 0.2) is 0 Å². The first-order chi connectivity index (χ1) is 21.7. The van der Waals surface area contributed by atoms with Crippen LogP contribution in [0.15, 0.2) is 12.2 Å². The molecule has 0 aliphatic carbocycles. The van der Waals surface area contributed by atoms with Crippen LogP contribution in [-0.4, -0.2) is 118 Å². The van der Waals surface area contributed by atoms with E-state index in [0.29, 0.717) is 45.6 Å². The van der Waals surface area contributed by atoms with Gasteiger partial charge in [0.05, 0.1) is 0 Å². The van der Waals surface area contributed by atoms with Crippen LogP contribution in [0.1, 0.15) is 123 Å². The number of carbonyl (C=O) groups excluding carboxylic acids is 4. The summed E-state index contributed by atoms with van der Waals surface area (Å²) < 4.78 is 22.4. The summed E-state index contributed by atoms with van der Waals surface area (Å²) in [6.07, 6.45) is 3.75. The van der Waals surface area contributed by atoms with E-state index in [-0.39, 0.29) is 25.2 Å². The lowest BCUT2D eigenvalue weighted by Crippen LogP contribution is -2.43. The van der Waals surface area contributed by atoms with E-state index in [1.165, 1.54) is 0 Å². The maximum Gasteiger partial charge on any atom is 0.410 e. The molecular formula is C36H68N4O8. The van der Waals surface area contributed by atoms with Crippen molar-refractivity contribution in [2.75, 3.05) is 45.8 Å². The van der Waals surface area contributed by atoms with Crippen molar-refractivity contribution in [3.63, 3.8) is 0 Å². The third-order valence-corrected chi connectivity index (χ3v) is 6.20. The average Bonchev–Trinajstić information content (AvgIpc) is 2.85. The minimum atomic E-state index is -0.683. The van der Waals surface area contributed by atoms with Crippen molar-refractivity contribution in [3.8, 4) is 0 Å². The zero-order valence-corrected chi connectivity index (χ0v) is 32.9. The van der Waals surface area contributed by atoms with E-state index in [0.717, 1.165) is 6.42 Å². The lowest BCUT2D eigenvalue weighted by atomic mass is 10.2. The van der Waals surface area contributed by atoms with E-state index in [4.69, 9.17) is 18.9 Å². The largest absolute Gasteiger partial charge is 0.444 e. The highest BCUT2D eigenvalue weighted by atomic mass is 16.6. The lowest BCUT2D eigenvalue weighted by Gasteiger charge is -2.31. The molecule has 0 aliphatic heterocycles. The standard InChI is InChI=1S/C36H68N4O8/c1-16-21-37(29(41)45-33(4,5)6)24-19-25-38(30(42)46-34(7,8)9)22-17-18-23-39(31(43)47-35(10,11)12)26-20-27-40(28(2)3)32(44)48-36(13,14)15/h17-18,28H,16,19-27H2,1-15H3. The Kier molecular flexibility index (Phi) is 18.4. The molecular weight excluding hydrogens is 616 g/mol. The highest BCUT2D eigenvalue weighted by Gasteiger charge is 2.27. The monoisotopic (exact) mass is 685 g/mol. The third-order valence-electron chi connectivity index (χ3n) is 6.20. The van der Waals surface area contributed by atoms with Gasteiger partial charge in [0.1, 0.15) is 22.4 Å². The normalized spacial score (nSPS) is 12.5. The predicted molar refractivity (Wildman–Crippen MR) is 190 cm³/mol. The summed E-state index contributed by atoms with van der Waals surface area (Å²) in [5, 5.41) is 0. The highest BCUT2D eigenvalue weighted by molar-refractivity contribution is 5.70. The van der Waals surface area contributed by atoms with Gasteiger partial charge in [-0.3, -0.25) is 0 Å². The van der Waals surface area contributed by atoms with Gasteiger partial charge < -0.3 is 38.5 Å². The van der Waals surface area contributed by atoms with Crippen molar-refractivity contribution in [2.24, 2.45) is 0 Å². The van der Waals surface area contributed by atoms with Gasteiger partial charge >= 0.3 is 24.4 Å². The fourth-order valence-corrected chi connectivity index (χ4v) is 4.23. The quantitative estimate of drug-likeness (QED) is 0.125. The molecule has 0 spiro atoms. The molecule has 0 fully saturated rings. The van der Waals surface area contributed by atoms with E-state index < -0.39 is 40.7 Å². The van der Waals surface area contributed by atoms with Gasteiger partial charge in [0, 0.05) is 51.9 Å². The number of ether oxygens (including phenoxy) is 4. The lowest BCUT2D eigenvalue weighted by molar-refractivity contribution is 0.0160. The Morgan fingerprint density at radius 3 is 1.15 bits per heavy atom. The molecule has 48 heavy (non-hydrogen) atoms. The Balaban J connectivity index is 5.68. The number of amides is 4. The van der Waals surface area contributed by atoms with Crippen molar-refractivity contribution >= 4 is 24.4 Å². The fourth-order valence-electron chi connectivity index (χ4n) is 4.23. The number of hydrogen-bond donors (Lipinski definition) is 0. The molecule has 0 aliphatic rings. The molecule has 12 heteroatoms. The van der Waals surface area contributed by atoms with Gasteiger partial charge in [-0.05, 0) is 116 Å². The van der Waals surface area contributed by atoms with Crippen molar-refractivity contribution in [2.45, 2.75) is 152 Å². The molecule has 0 aromatic rings. The number of hydrogen-bond acceptors (Lipinski definition) is 8. The van der Waals surface area contributed by atoms with E-state index in [1.54, 1.807) is 19.6 Å². The molecule has 0 heterocycles. The molecule has 4 amide bonds. The second-order valence-corrected chi connectivity index (χ2v) is 16.3. The zero-order chi connectivity index (χ0) is 37.5. The first-order valence-electron chi connectivity index (χ1n) is 17.3. The molecule has 0 atom stereocenters. The Labute approximate surface area is 291 Å². The second kappa shape index (κ2) is 19.7. The van der Waals surface area contributed by atoms with Crippen molar-refractivity contribution < 1.29 is 38.1 Å². The zero-order valence-electron chi connectivity index (χ0n) is 32.9. The topological polar surface area (TPSA) is 118 Å². The molecule has 0 radical (unpaired) electrons. The van der Waals surface area contributed by atoms with Crippen LogP contribution in [-0.2, 0) is 18.9 Å². The SMILES string of the molecule is CCCN(CCCN(CC=CCN(CCCN(C(=O)OC(C)(C)C)C(C)C)C(=O)OC(C)(C)C)C(=O)OC(C)(C)C)C(=O)OC(C)(C)C. The van der Waals surface area contributed by atoms with Crippen LogP contribution in [0, 0.1) is 0 Å². The van der Waals surface area contributed by atoms with E-state index in [2.05, 4.69) is 0 Å². The third kappa shape index (κ3) is 21.6. The molecule has 0 rings (SSSR count). The highest BCUT2D eigenvalue weighted by Crippen LogP contribution is 2.16. The first-order valence-corrected chi connectivity index (χ1v) is 17.3. The Morgan fingerprint density at radius 1 is 0.500 bits per heavy atom. The summed E-state index contributed by atoms with van der Waals surface area (Å²) in [4.78, 5) is 58.2. The summed E-state index contributed by atoms with van der Waals surface area (Å²) in [5.41, 5.74) is -2.58. The van der Waals surface area contributed by atoms with Crippen LogP contribution < -0.4 is 0 Å². The van der Waals surface area contributed by atoms with Crippen LogP contribution in [0.4, 0.5) is 19.2 Å². The van der Waals surface area contributed by atoms with Crippen molar-refractivity contribution in [1.82, 2.24) is 19.6 Å².